The Balaban J connectivity index is 2.32. The lowest BCUT2D eigenvalue weighted by Crippen LogP contribution is -2.40. The van der Waals surface area contributed by atoms with Crippen LogP contribution in [0, 0.1) is 5.92 Å². The van der Waals surface area contributed by atoms with Gasteiger partial charge >= 0.3 is 0 Å². The highest BCUT2D eigenvalue weighted by Gasteiger charge is 2.21. The molecule has 1 heterocycles. The molecule has 2 atom stereocenters. The normalized spacial score (nSPS) is 22.8. The molecule has 16 heavy (non-hydrogen) atoms. The molecule has 4 heteroatoms. The second-order valence-corrected chi connectivity index (χ2v) is 4.73. The molecule has 2 unspecified atom stereocenters. The first-order valence-electron chi connectivity index (χ1n) is 6.10. The maximum absolute atomic E-state index is 12.0. The molecular formula is C12H24N2O2. The first kappa shape index (κ1) is 13.5. The number of carbonyl (C=O) groups is 1. The molecule has 1 saturated heterocycles. The Morgan fingerprint density at radius 1 is 1.62 bits per heavy atom. The van der Waals surface area contributed by atoms with E-state index in [1.165, 1.54) is 12.8 Å². The lowest BCUT2D eigenvalue weighted by molar-refractivity contribution is -0.133. The summed E-state index contributed by atoms with van der Waals surface area (Å²) in [4.78, 5) is 13.8. The minimum absolute atomic E-state index is 0.161. The van der Waals surface area contributed by atoms with Crippen molar-refractivity contribution in [3.8, 4) is 0 Å². The largest absolute Gasteiger partial charge is 0.383 e. The van der Waals surface area contributed by atoms with Crippen molar-refractivity contribution in [2.24, 2.45) is 5.92 Å². The third-order valence-electron chi connectivity index (χ3n) is 3.32. The molecule has 1 fully saturated rings. The summed E-state index contributed by atoms with van der Waals surface area (Å²) in [6.45, 7) is 4.70. The number of hydrogen-bond acceptors (Lipinski definition) is 3. The van der Waals surface area contributed by atoms with Crippen LogP contribution in [0.25, 0.3) is 0 Å². The van der Waals surface area contributed by atoms with Gasteiger partial charge in [0, 0.05) is 20.6 Å². The van der Waals surface area contributed by atoms with Gasteiger partial charge in [-0.15, -0.1) is 0 Å². The lowest BCUT2D eigenvalue weighted by atomic mass is 9.95. The molecule has 0 aromatic rings. The Labute approximate surface area is 98.3 Å². The molecule has 0 bridgehead atoms. The van der Waals surface area contributed by atoms with Gasteiger partial charge in [-0.25, -0.2) is 0 Å². The number of nitrogens with one attached hydrogen (secondary N) is 1. The molecule has 1 amide bonds. The van der Waals surface area contributed by atoms with Gasteiger partial charge in [-0.2, -0.15) is 0 Å². The standard InChI is InChI=1S/C12H24N2O2/c1-10(9-16-3)14(2)12(15)7-11-5-4-6-13-8-11/h10-11,13H,4-9H2,1-3H3. The molecule has 0 radical (unpaired) electrons. The monoisotopic (exact) mass is 228 g/mol. The third kappa shape index (κ3) is 4.10. The maximum atomic E-state index is 12.0. The van der Waals surface area contributed by atoms with Crippen LogP contribution in [-0.4, -0.2) is 50.7 Å². The Morgan fingerprint density at radius 3 is 2.94 bits per heavy atom. The molecule has 0 aromatic heterocycles. The van der Waals surface area contributed by atoms with E-state index in [2.05, 4.69) is 5.32 Å². The second kappa shape index (κ2) is 6.86. The summed E-state index contributed by atoms with van der Waals surface area (Å²) >= 11 is 0. The van der Waals surface area contributed by atoms with Crippen LogP contribution in [-0.2, 0) is 9.53 Å². The number of amides is 1. The topological polar surface area (TPSA) is 41.6 Å². The highest BCUT2D eigenvalue weighted by Crippen LogP contribution is 2.15. The van der Waals surface area contributed by atoms with Crippen molar-refractivity contribution < 1.29 is 9.53 Å². The third-order valence-corrected chi connectivity index (χ3v) is 3.32. The van der Waals surface area contributed by atoms with Gasteiger partial charge in [0.1, 0.15) is 0 Å². The minimum Gasteiger partial charge on any atom is -0.383 e. The van der Waals surface area contributed by atoms with Crippen molar-refractivity contribution >= 4 is 5.91 Å². The highest BCUT2D eigenvalue weighted by atomic mass is 16.5. The van der Waals surface area contributed by atoms with Crippen LogP contribution in [0.2, 0.25) is 0 Å². The lowest BCUT2D eigenvalue weighted by Gasteiger charge is -2.28. The van der Waals surface area contributed by atoms with E-state index in [0.717, 1.165) is 13.1 Å². The van der Waals surface area contributed by atoms with Crippen LogP contribution in [0.3, 0.4) is 0 Å². The number of nitrogens with zero attached hydrogens (tertiary/aromatic N) is 1. The zero-order valence-electron chi connectivity index (χ0n) is 10.7. The van der Waals surface area contributed by atoms with Gasteiger partial charge in [0.25, 0.3) is 0 Å². The van der Waals surface area contributed by atoms with Gasteiger partial charge in [0.2, 0.25) is 5.91 Å². The number of methoxy groups -OCH3 is 1. The van der Waals surface area contributed by atoms with E-state index in [0.29, 0.717) is 18.9 Å². The van der Waals surface area contributed by atoms with Crippen LogP contribution in [0.15, 0.2) is 0 Å². The Bertz CT molecular complexity index is 215. The number of ether oxygens (including phenoxy) is 1. The summed E-state index contributed by atoms with van der Waals surface area (Å²) in [5.41, 5.74) is 0. The molecule has 4 nitrogen and oxygen atoms in total. The summed E-state index contributed by atoms with van der Waals surface area (Å²) in [6, 6.07) is 0.161. The number of piperidine rings is 1. The van der Waals surface area contributed by atoms with Crippen molar-refractivity contribution in [2.75, 3.05) is 33.9 Å². The van der Waals surface area contributed by atoms with Gasteiger partial charge in [-0.05, 0) is 38.8 Å². The average molecular weight is 228 g/mol. The Kier molecular flexibility index (Phi) is 5.77. The Hall–Kier alpha value is -0.610. The number of likely N-dealkylation sites (N-methyl/N-ethyl adjacent to an activating group) is 1. The van der Waals surface area contributed by atoms with Crippen LogP contribution in [0.4, 0.5) is 0 Å². The van der Waals surface area contributed by atoms with Gasteiger partial charge in [-0.1, -0.05) is 0 Å². The molecule has 1 aliphatic heterocycles. The molecule has 1 rings (SSSR count). The molecular weight excluding hydrogens is 204 g/mol. The van der Waals surface area contributed by atoms with Gasteiger partial charge in [0.05, 0.1) is 12.6 Å². The van der Waals surface area contributed by atoms with Gasteiger partial charge in [-0.3, -0.25) is 4.79 Å². The predicted octanol–water partition coefficient (Wildman–Crippen LogP) is 0.869. The molecule has 0 aliphatic carbocycles. The molecule has 1 aliphatic rings. The highest BCUT2D eigenvalue weighted by molar-refractivity contribution is 5.76. The van der Waals surface area contributed by atoms with Crippen molar-refractivity contribution in [2.45, 2.75) is 32.2 Å². The zero-order valence-corrected chi connectivity index (χ0v) is 10.7. The summed E-state index contributed by atoms with van der Waals surface area (Å²) in [6.07, 6.45) is 3.03. The van der Waals surface area contributed by atoms with E-state index < -0.39 is 0 Å². The summed E-state index contributed by atoms with van der Waals surface area (Å²) in [5, 5.41) is 3.34. The fourth-order valence-electron chi connectivity index (χ4n) is 2.09. The minimum atomic E-state index is 0.161. The molecule has 0 spiro atoms. The van der Waals surface area contributed by atoms with Gasteiger partial charge in [0.15, 0.2) is 0 Å². The summed E-state index contributed by atoms with van der Waals surface area (Å²) in [7, 11) is 3.53. The smallest absolute Gasteiger partial charge is 0.222 e. The number of rotatable bonds is 5. The number of hydrogen-bond donors (Lipinski definition) is 1. The SMILES string of the molecule is COCC(C)N(C)C(=O)CC1CCCNC1. The first-order chi connectivity index (χ1) is 7.65. The van der Waals surface area contributed by atoms with E-state index in [4.69, 9.17) is 4.74 Å². The second-order valence-electron chi connectivity index (χ2n) is 4.73. The van der Waals surface area contributed by atoms with Crippen LogP contribution < -0.4 is 5.32 Å². The predicted molar refractivity (Wildman–Crippen MR) is 64.3 cm³/mol. The van der Waals surface area contributed by atoms with Crippen LogP contribution in [0.1, 0.15) is 26.2 Å². The maximum Gasteiger partial charge on any atom is 0.222 e. The first-order valence-corrected chi connectivity index (χ1v) is 6.10. The zero-order chi connectivity index (χ0) is 12.0. The molecule has 0 aromatic carbocycles. The van der Waals surface area contributed by atoms with Crippen molar-refractivity contribution in [3.05, 3.63) is 0 Å². The van der Waals surface area contributed by atoms with E-state index in [9.17, 15) is 4.79 Å². The summed E-state index contributed by atoms with van der Waals surface area (Å²) < 4.78 is 5.06. The van der Waals surface area contributed by atoms with Crippen LogP contribution in [0.5, 0.6) is 0 Å². The fraction of sp³-hybridized carbons (Fsp3) is 0.917. The van der Waals surface area contributed by atoms with E-state index in [1.54, 1.807) is 12.0 Å². The van der Waals surface area contributed by atoms with Crippen molar-refractivity contribution in [3.63, 3.8) is 0 Å². The van der Waals surface area contributed by atoms with E-state index >= 15 is 0 Å². The average Bonchev–Trinajstić information content (AvgIpc) is 2.29. The van der Waals surface area contributed by atoms with E-state index in [1.807, 2.05) is 14.0 Å². The van der Waals surface area contributed by atoms with E-state index in [-0.39, 0.29) is 11.9 Å². The van der Waals surface area contributed by atoms with Crippen molar-refractivity contribution in [1.82, 2.24) is 10.2 Å². The number of carbonyl (C=O) groups excluding carboxylic acids is 1. The van der Waals surface area contributed by atoms with Crippen LogP contribution >= 0.6 is 0 Å². The van der Waals surface area contributed by atoms with Gasteiger partial charge < -0.3 is 15.0 Å². The molecule has 0 saturated carbocycles. The fourth-order valence-corrected chi connectivity index (χ4v) is 2.09. The molecule has 94 valence electrons. The van der Waals surface area contributed by atoms with Crippen molar-refractivity contribution in [1.29, 1.82) is 0 Å². The summed E-state index contributed by atoms with van der Waals surface area (Å²) in [5.74, 6) is 0.747. The quantitative estimate of drug-likeness (QED) is 0.759. The Morgan fingerprint density at radius 2 is 2.38 bits per heavy atom. The molecule has 1 N–H and O–H groups in total.